The molecule has 19 heavy (non-hydrogen) atoms. The van der Waals surface area contributed by atoms with Crippen LogP contribution in [0.2, 0.25) is 0 Å². The largest absolute Gasteiger partial charge is 0.466 e. The van der Waals surface area contributed by atoms with E-state index in [-0.39, 0.29) is 5.91 Å². The first kappa shape index (κ1) is 13.4. The van der Waals surface area contributed by atoms with Crippen LogP contribution in [0, 0.1) is 13.8 Å². The number of rotatable bonds is 4. The SMILES string of the molecule is Cc1cc(C(=O)NCC(C)c2ccccc2)c(C)o1. The Labute approximate surface area is 113 Å². The van der Waals surface area contributed by atoms with Gasteiger partial charge in [-0.1, -0.05) is 37.3 Å². The van der Waals surface area contributed by atoms with Crippen molar-refractivity contribution in [2.75, 3.05) is 6.54 Å². The summed E-state index contributed by atoms with van der Waals surface area (Å²) >= 11 is 0. The minimum atomic E-state index is -0.0721. The molecule has 1 N–H and O–H groups in total. The van der Waals surface area contributed by atoms with Crippen LogP contribution in [0.3, 0.4) is 0 Å². The van der Waals surface area contributed by atoms with E-state index < -0.39 is 0 Å². The molecule has 1 aromatic heterocycles. The molecule has 3 nitrogen and oxygen atoms in total. The van der Waals surface area contributed by atoms with E-state index in [0.717, 1.165) is 5.76 Å². The van der Waals surface area contributed by atoms with Gasteiger partial charge in [0, 0.05) is 6.54 Å². The lowest BCUT2D eigenvalue weighted by Gasteiger charge is -2.12. The second-order valence-corrected chi connectivity index (χ2v) is 4.85. The van der Waals surface area contributed by atoms with Gasteiger partial charge in [0.15, 0.2) is 0 Å². The molecule has 0 fully saturated rings. The van der Waals surface area contributed by atoms with E-state index in [1.165, 1.54) is 5.56 Å². The van der Waals surface area contributed by atoms with Gasteiger partial charge in [-0.05, 0) is 31.4 Å². The maximum Gasteiger partial charge on any atom is 0.254 e. The smallest absolute Gasteiger partial charge is 0.254 e. The second-order valence-electron chi connectivity index (χ2n) is 4.85. The molecule has 1 heterocycles. The predicted molar refractivity (Wildman–Crippen MR) is 75.4 cm³/mol. The third kappa shape index (κ3) is 3.25. The molecule has 1 unspecified atom stereocenters. The Morgan fingerprint density at radius 2 is 1.95 bits per heavy atom. The van der Waals surface area contributed by atoms with E-state index in [2.05, 4.69) is 24.4 Å². The van der Waals surface area contributed by atoms with Crippen LogP contribution in [-0.4, -0.2) is 12.5 Å². The summed E-state index contributed by atoms with van der Waals surface area (Å²) in [5, 5.41) is 2.95. The van der Waals surface area contributed by atoms with Gasteiger partial charge in [0.1, 0.15) is 11.5 Å². The van der Waals surface area contributed by atoms with Gasteiger partial charge in [-0.25, -0.2) is 0 Å². The molecule has 0 aliphatic carbocycles. The number of amides is 1. The van der Waals surface area contributed by atoms with Crippen molar-refractivity contribution < 1.29 is 9.21 Å². The molecule has 3 heteroatoms. The molecule has 2 rings (SSSR count). The van der Waals surface area contributed by atoms with Crippen LogP contribution in [0.1, 0.15) is 40.3 Å². The summed E-state index contributed by atoms with van der Waals surface area (Å²) in [4.78, 5) is 12.0. The van der Waals surface area contributed by atoms with Gasteiger partial charge in [0.05, 0.1) is 5.56 Å². The van der Waals surface area contributed by atoms with E-state index in [9.17, 15) is 4.79 Å². The van der Waals surface area contributed by atoms with E-state index in [1.54, 1.807) is 6.07 Å². The third-order valence-electron chi connectivity index (χ3n) is 3.22. The molecule has 0 radical (unpaired) electrons. The first-order valence-electron chi connectivity index (χ1n) is 6.48. The molecule has 0 aliphatic heterocycles. The number of aryl methyl sites for hydroxylation is 2. The molecule has 0 saturated carbocycles. The molecule has 0 saturated heterocycles. The van der Waals surface area contributed by atoms with Crippen molar-refractivity contribution >= 4 is 5.91 Å². The average Bonchev–Trinajstić information content (AvgIpc) is 2.75. The molecule has 1 atom stereocenters. The number of carbonyl (C=O) groups is 1. The highest BCUT2D eigenvalue weighted by molar-refractivity contribution is 5.95. The first-order chi connectivity index (χ1) is 9.08. The zero-order valence-electron chi connectivity index (χ0n) is 11.6. The Morgan fingerprint density at radius 1 is 1.26 bits per heavy atom. The van der Waals surface area contributed by atoms with E-state index in [0.29, 0.717) is 23.8 Å². The first-order valence-corrected chi connectivity index (χ1v) is 6.48. The highest BCUT2D eigenvalue weighted by Gasteiger charge is 2.14. The summed E-state index contributed by atoms with van der Waals surface area (Å²) in [7, 11) is 0. The summed E-state index contributed by atoms with van der Waals surface area (Å²) in [6.45, 7) is 6.37. The molecule has 0 aliphatic rings. The van der Waals surface area contributed by atoms with Gasteiger partial charge in [-0.3, -0.25) is 4.79 Å². The maximum absolute atomic E-state index is 12.0. The molecule has 100 valence electrons. The minimum Gasteiger partial charge on any atom is -0.466 e. The quantitative estimate of drug-likeness (QED) is 0.911. The van der Waals surface area contributed by atoms with Crippen LogP contribution in [0.5, 0.6) is 0 Å². The second kappa shape index (κ2) is 5.74. The van der Waals surface area contributed by atoms with E-state index >= 15 is 0 Å². The number of hydrogen-bond donors (Lipinski definition) is 1. The standard InChI is InChI=1S/C16H19NO2/c1-11(14-7-5-4-6-8-14)10-17-16(18)15-9-12(2)19-13(15)3/h4-9,11H,10H2,1-3H3,(H,17,18). The van der Waals surface area contributed by atoms with Crippen LogP contribution in [-0.2, 0) is 0 Å². The number of hydrogen-bond acceptors (Lipinski definition) is 2. The van der Waals surface area contributed by atoms with Gasteiger partial charge < -0.3 is 9.73 Å². The van der Waals surface area contributed by atoms with Crippen LogP contribution in [0.4, 0.5) is 0 Å². The molecule has 2 aromatic rings. The zero-order chi connectivity index (χ0) is 13.8. The lowest BCUT2D eigenvalue weighted by atomic mass is 10.0. The van der Waals surface area contributed by atoms with Crippen molar-refractivity contribution in [1.29, 1.82) is 0 Å². The van der Waals surface area contributed by atoms with Gasteiger partial charge in [0.25, 0.3) is 5.91 Å². The van der Waals surface area contributed by atoms with E-state index in [4.69, 9.17) is 4.42 Å². The van der Waals surface area contributed by atoms with Crippen molar-refractivity contribution in [1.82, 2.24) is 5.32 Å². The lowest BCUT2D eigenvalue weighted by molar-refractivity contribution is 0.0950. The average molecular weight is 257 g/mol. The topological polar surface area (TPSA) is 42.2 Å². The van der Waals surface area contributed by atoms with Crippen LogP contribution >= 0.6 is 0 Å². The fourth-order valence-electron chi connectivity index (χ4n) is 2.10. The van der Waals surface area contributed by atoms with Gasteiger partial charge in [-0.2, -0.15) is 0 Å². The summed E-state index contributed by atoms with van der Waals surface area (Å²) in [6, 6.07) is 11.9. The monoisotopic (exact) mass is 257 g/mol. The summed E-state index contributed by atoms with van der Waals surface area (Å²) in [5.74, 6) is 1.65. The fraction of sp³-hybridized carbons (Fsp3) is 0.312. The number of carbonyl (C=O) groups excluding carboxylic acids is 1. The normalized spacial score (nSPS) is 12.2. The Bertz CT molecular complexity index is 557. The van der Waals surface area contributed by atoms with Crippen molar-refractivity contribution in [2.45, 2.75) is 26.7 Å². The Hall–Kier alpha value is -2.03. The Kier molecular flexibility index (Phi) is 4.05. The minimum absolute atomic E-state index is 0.0721. The van der Waals surface area contributed by atoms with Crippen LogP contribution in [0.15, 0.2) is 40.8 Å². The zero-order valence-corrected chi connectivity index (χ0v) is 11.6. The summed E-state index contributed by atoms with van der Waals surface area (Å²) in [5.41, 5.74) is 1.85. The molecule has 1 amide bonds. The molecule has 1 aromatic carbocycles. The molecular formula is C16H19NO2. The molecule has 0 bridgehead atoms. The van der Waals surface area contributed by atoms with Crippen LogP contribution in [0.25, 0.3) is 0 Å². The highest BCUT2D eigenvalue weighted by atomic mass is 16.3. The number of furan rings is 1. The summed E-state index contributed by atoms with van der Waals surface area (Å²) in [6.07, 6.45) is 0. The number of nitrogens with one attached hydrogen (secondary N) is 1. The Balaban J connectivity index is 1.96. The van der Waals surface area contributed by atoms with Gasteiger partial charge >= 0.3 is 0 Å². The van der Waals surface area contributed by atoms with Crippen molar-refractivity contribution in [3.63, 3.8) is 0 Å². The van der Waals surface area contributed by atoms with E-state index in [1.807, 2.05) is 32.0 Å². The van der Waals surface area contributed by atoms with Gasteiger partial charge in [-0.15, -0.1) is 0 Å². The van der Waals surface area contributed by atoms with Crippen molar-refractivity contribution in [3.05, 3.63) is 59.0 Å². The predicted octanol–water partition coefficient (Wildman–Crippen LogP) is 3.43. The fourth-order valence-corrected chi connectivity index (χ4v) is 2.10. The third-order valence-corrected chi connectivity index (χ3v) is 3.22. The van der Waals surface area contributed by atoms with Gasteiger partial charge in [0.2, 0.25) is 0 Å². The van der Waals surface area contributed by atoms with Crippen LogP contribution < -0.4 is 5.32 Å². The lowest BCUT2D eigenvalue weighted by Crippen LogP contribution is -2.27. The van der Waals surface area contributed by atoms with Crippen molar-refractivity contribution in [2.24, 2.45) is 0 Å². The van der Waals surface area contributed by atoms with Crippen molar-refractivity contribution in [3.8, 4) is 0 Å². The highest BCUT2D eigenvalue weighted by Crippen LogP contribution is 2.15. The maximum atomic E-state index is 12.0. The molecule has 0 spiro atoms. The molecular weight excluding hydrogens is 238 g/mol. The summed E-state index contributed by atoms with van der Waals surface area (Å²) < 4.78 is 5.37. The number of benzene rings is 1. The Morgan fingerprint density at radius 3 is 2.53 bits per heavy atom.